The third-order valence-corrected chi connectivity index (χ3v) is 7.18. The van der Waals surface area contributed by atoms with Crippen molar-refractivity contribution in [2.24, 2.45) is 4.99 Å². The average Bonchev–Trinajstić information content (AvgIpc) is 2.57. The van der Waals surface area contributed by atoms with Gasteiger partial charge >= 0.3 is 0 Å². The number of nitrogens with one attached hydrogen (secondary N) is 2. The smallest absolute Gasteiger partial charge is 0.191 e. The number of benzene rings is 1. The molecule has 1 aromatic rings. The zero-order valence-electron chi connectivity index (χ0n) is 17.4. The molecular formula is C19H34IN3O2S2. The number of halogens is 1. The largest absolute Gasteiger partial charge is 0.355 e. The van der Waals surface area contributed by atoms with Crippen LogP contribution in [0, 0.1) is 0 Å². The molecule has 1 aromatic carbocycles. The second kappa shape index (κ2) is 10.9. The van der Waals surface area contributed by atoms with Crippen molar-refractivity contribution in [1.82, 2.24) is 10.6 Å². The average molecular weight is 528 g/mol. The summed E-state index contributed by atoms with van der Waals surface area (Å²) in [6.45, 7) is 11.7. The zero-order valence-corrected chi connectivity index (χ0v) is 21.4. The normalized spacial score (nSPS) is 13.1. The lowest BCUT2D eigenvalue weighted by atomic mass is 9.87. The Labute approximate surface area is 186 Å². The number of aliphatic imine (C=N–C) groups is 1. The van der Waals surface area contributed by atoms with Crippen LogP contribution in [0.3, 0.4) is 0 Å². The summed E-state index contributed by atoms with van der Waals surface area (Å²) in [5, 5.41) is 6.31. The first-order valence-corrected chi connectivity index (χ1v) is 11.6. The van der Waals surface area contributed by atoms with E-state index in [0.29, 0.717) is 17.4 Å². The summed E-state index contributed by atoms with van der Waals surface area (Å²) in [4.78, 5) is 4.51. The van der Waals surface area contributed by atoms with Gasteiger partial charge in [-0.2, -0.15) is 11.8 Å². The van der Waals surface area contributed by atoms with Crippen LogP contribution in [0.1, 0.15) is 40.2 Å². The Hall–Kier alpha value is -0.480. The molecule has 1 rings (SSSR count). The van der Waals surface area contributed by atoms with Crippen molar-refractivity contribution in [1.29, 1.82) is 0 Å². The molecule has 0 saturated carbocycles. The molecule has 0 amide bonds. The molecule has 0 heterocycles. The minimum atomic E-state index is -3.32. The van der Waals surface area contributed by atoms with Gasteiger partial charge in [-0.3, -0.25) is 4.99 Å². The molecule has 0 saturated heterocycles. The van der Waals surface area contributed by atoms with Gasteiger partial charge in [-0.05, 0) is 43.2 Å². The second-order valence-corrected chi connectivity index (χ2v) is 11.5. The van der Waals surface area contributed by atoms with Gasteiger partial charge in [0, 0.05) is 24.9 Å². The summed E-state index contributed by atoms with van der Waals surface area (Å²) in [5.41, 5.74) is 1.13. The fourth-order valence-corrected chi connectivity index (χ4v) is 3.55. The molecule has 8 heteroatoms. The van der Waals surface area contributed by atoms with Crippen LogP contribution in [0.15, 0.2) is 34.2 Å². The Morgan fingerprint density at radius 3 is 2.07 bits per heavy atom. The van der Waals surface area contributed by atoms with Crippen LogP contribution >= 0.6 is 35.7 Å². The third kappa shape index (κ3) is 9.04. The molecule has 156 valence electrons. The monoisotopic (exact) mass is 527 g/mol. The number of guanidine groups is 1. The van der Waals surface area contributed by atoms with Crippen molar-refractivity contribution in [3.05, 3.63) is 29.8 Å². The van der Waals surface area contributed by atoms with E-state index in [1.165, 1.54) is 0 Å². The van der Waals surface area contributed by atoms with E-state index in [4.69, 9.17) is 0 Å². The van der Waals surface area contributed by atoms with E-state index in [9.17, 15) is 8.42 Å². The zero-order chi connectivity index (χ0) is 20.0. The number of sulfone groups is 1. The van der Waals surface area contributed by atoms with Crippen molar-refractivity contribution >= 4 is 51.5 Å². The fraction of sp³-hybridized carbons (Fsp3) is 0.632. The summed E-state index contributed by atoms with van der Waals surface area (Å²) in [5.74, 6) is 0.638. The summed E-state index contributed by atoms with van der Waals surface area (Å²) in [6, 6.07) is 7.19. The Bertz CT molecular complexity index is 709. The summed E-state index contributed by atoms with van der Waals surface area (Å²) in [6.07, 6.45) is 2.06. The van der Waals surface area contributed by atoms with E-state index in [0.717, 1.165) is 12.1 Å². The molecule has 2 N–H and O–H groups in total. The molecule has 0 bridgehead atoms. The van der Waals surface area contributed by atoms with E-state index in [2.05, 4.69) is 56.5 Å². The van der Waals surface area contributed by atoms with Gasteiger partial charge in [0.05, 0.1) is 10.6 Å². The Balaban J connectivity index is 0.00000676. The number of nitrogens with zero attached hydrogens (tertiary/aromatic N) is 1. The number of rotatable bonds is 7. The summed E-state index contributed by atoms with van der Waals surface area (Å²) >= 11 is 1.77. The first-order chi connectivity index (χ1) is 11.9. The quantitative estimate of drug-likeness (QED) is 0.322. The standard InChI is InChI=1S/C19H33N3O2S2.HI/c1-18(2,3)15-8-10-16(11-9-15)26(23,24)13-12-21-17(20-6)22-14-19(4,5)25-7;/h8-11H,12-14H2,1-7H3,(H2,20,21,22);1H. The molecule has 0 spiro atoms. The predicted molar refractivity (Wildman–Crippen MR) is 130 cm³/mol. The second-order valence-electron chi connectivity index (χ2n) is 7.91. The van der Waals surface area contributed by atoms with E-state index in [-0.39, 0.29) is 39.9 Å². The topological polar surface area (TPSA) is 70.6 Å². The molecule has 0 aromatic heterocycles. The van der Waals surface area contributed by atoms with Crippen molar-refractivity contribution < 1.29 is 8.42 Å². The van der Waals surface area contributed by atoms with Crippen LogP contribution in [-0.4, -0.2) is 51.3 Å². The fourth-order valence-electron chi connectivity index (χ4n) is 2.17. The maximum Gasteiger partial charge on any atom is 0.191 e. The van der Waals surface area contributed by atoms with Crippen LogP contribution < -0.4 is 10.6 Å². The van der Waals surface area contributed by atoms with Gasteiger partial charge in [-0.1, -0.05) is 32.9 Å². The van der Waals surface area contributed by atoms with Gasteiger partial charge in [-0.15, -0.1) is 24.0 Å². The van der Waals surface area contributed by atoms with Crippen molar-refractivity contribution in [2.75, 3.05) is 32.1 Å². The predicted octanol–water partition coefficient (Wildman–Crippen LogP) is 3.68. The van der Waals surface area contributed by atoms with Crippen LogP contribution in [0.2, 0.25) is 0 Å². The summed E-state index contributed by atoms with van der Waals surface area (Å²) in [7, 11) is -1.64. The van der Waals surface area contributed by atoms with Gasteiger partial charge in [-0.25, -0.2) is 8.42 Å². The maximum atomic E-state index is 12.5. The van der Waals surface area contributed by atoms with E-state index in [1.807, 2.05) is 12.1 Å². The van der Waals surface area contributed by atoms with Crippen molar-refractivity contribution in [3.8, 4) is 0 Å². The van der Waals surface area contributed by atoms with E-state index >= 15 is 0 Å². The van der Waals surface area contributed by atoms with Gasteiger partial charge in [0.15, 0.2) is 15.8 Å². The first kappa shape index (κ1) is 26.5. The number of hydrogen-bond acceptors (Lipinski definition) is 4. The van der Waals surface area contributed by atoms with Crippen molar-refractivity contribution in [3.63, 3.8) is 0 Å². The highest BCUT2D eigenvalue weighted by molar-refractivity contribution is 14.0. The van der Waals surface area contributed by atoms with Crippen molar-refractivity contribution in [2.45, 2.75) is 49.7 Å². The molecule has 0 aliphatic carbocycles. The lowest BCUT2D eigenvalue weighted by molar-refractivity contribution is 0.585. The molecular weight excluding hydrogens is 493 g/mol. The SMILES string of the molecule is CN=C(NCCS(=O)(=O)c1ccc(C(C)(C)C)cc1)NCC(C)(C)SC.I. The Morgan fingerprint density at radius 2 is 1.63 bits per heavy atom. The highest BCUT2D eigenvalue weighted by atomic mass is 127. The number of hydrogen-bond donors (Lipinski definition) is 2. The summed E-state index contributed by atoms with van der Waals surface area (Å²) < 4.78 is 25.1. The maximum absolute atomic E-state index is 12.5. The lowest BCUT2D eigenvalue weighted by Crippen LogP contribution is -2.44. The van der Waals surface area contributed by atoms with E-state index in [1.54, 1.807) is 30.9 Å². The van der Waals surface area contributed by atoms with Gasteiger partial charge in [0.1, 0.15) is 0 Å². The van der Waals surface area contributed by atoms with Crippen LogP contribution in [0.25, 0.3) is 0 Å². The minimum absolute atomic E-state index is 0. The highest BCUT2D eigenvalue weighted by Gasteiger charge is 2.19. The molecule has 27 heavy (non-hydrogen) atoms. The highest BCUT2D eigenvalue weighted by Crippen LogP contribution is 2.23. The van der Waals surface area contributed by atoms with E-state index < -0.39 is 9.84 Å². The first-order valence-electron chi connectivity index (χ1n) is 8.74. The third-order valence-electron chi connectivity index (χ3n) is 4.20. The minimum Gasteiger partial charge on any atom is -0.355 e. The number of thioether (sulfide) groups is 1. The van der Waals surface area contributed by atoms with Gasteiger partial charge in [0.2, 0.25) is 0 Å². The lowest BCUT2D eigenvalue weighted by Gasteiger charge is -2.23. The van der Waals surface area contributed by atoms with Gasteiger partial charge < -0.3 is 10.6 Å². The van der Waals surface area contributed by atoms with Crippen LogP contribution in [0.5, 0.6) is 0 Å². The molecule has 0 fully saturated rings. The molecule has 0 atom stereocenters. The Kier molecular flexibility index (Phi) is 10.7. The molecule has 0 aliphatic rings. The molecule has 0 radical (unpaired) electrons. The van der Waals surface area contributed by atoms with Gasteiger partial charge in [0.25, 0.3) is 0 Å². The Morgan fingerprint density at radius 1 is 1.07 bits per heavy atom. The van der Waals surface area contributed by atoms with Crippen LogP contribution in [-0.2, 0) is 15.3 Å². The molecule has 5 nitrogen and oxygen atoms in total. The molecule has 0 unspecified atom stereocenters. The van der Waals surface area contributed by atoms with Crippen LogP contribution in [0.4, 0.5) is 0 Å². The molecule has 0 aliphatic heterocycles.